The topological polar surface area (TPSA) is 41.5 Å². The Hall–Kier alpha value is -1.85. The lowest BCUT2D eigenvalue weighted by Crippen LogP contribution is -2.46. The van der Waals surface area contributed by atoms with Crippen molar-refractivity contribution in [2.24, 2.45) is 0 Å². The molecule has 1 atom stereocenters. The highest BCUT2D eigenvalue weighted by atomic mass is 35.5. The van der Waals surface area contributed by atoms with E-state index in [2.05, 4.69) is 38.9 Å². The molecule has 6 heteroatoms. The molecule has 1 aliphatic heterocycles. The molecule has 1 unspecified atom stereocenters. The van der Waals surface area contributed by atoms with E-state index in [1.807, 2.05) is 12.1 Å². The molecule has 24 heavy (non-hydrogen) atoms. The van der Waals surface area contributed by atoms with Gasteiger partial charge in [-0.3, -0.25) is 4.90 Å². The van der Waals surface area contributed by atoms with Crippen LogP contribution < -0.4 is 9.64 Å². The van der Waals surface area contributed by atoms with Crippen LogP contribution in [0.1, 0.15) is 18.4 Å². The fourth-order valence-electron chi connectivity index (χ4n) is 3.12. The molecule has 1 aromatic carbocycles. The molecule has 0 N–H and O–H groups in total. The van der Waals surface area contributed by atoms with Gasteiger partial charge < -0.3 is 9.64 Å². The van der Waals surface area contributed by atoms with Crippen molar-refractivity contribution in [1.82, 2.24) is 14.9 Å². The maximum absolute atomic E-state index is 5.97. The number of ether oxygens (including phenoxy) is 1. The standard InChI is InChI=1S/C18H23ClN4O/c1-22(18-20-10-9-17(21-18)24-2)16-4-3-11-23(13-16)12-14-5-7-15(19)8-6-14/h5-10,16H,3-4,11-13H2,1-2H3. The minimum Gasteiger partial charge on any atom is -0.481 e. The summed E-state index contributed by atoms with van der Waals surface area (Å²) >= 11 is 5.97. The highest BCUT2D eigenvalue weighted by Gasteiger charge is 2.25. The predicted molar refractivity (Wildman–Crippen MR) is 96.7 cm³/mol. The Labute approximate surface area is 148 Å². The van der Waals surface area contributed by atoms with Crippen LogP contribution in [0.3, 0.4) is 0 Å². The SMILES string of the molecule is COc1ccnc(N(C)C2CCCN(Cc3ccc(Cl)cc3)C2)n1. The van der Waals surface area contributed by atoms with Gasteiger partial charge in [-0.1, -0.05) is 23.7 Å². The van der Waals surface area contributed by atoms with E-state index in [0.717, 1.165) is 31.1 Å². The Balaban J connectivity index is 1.64. The minimum atomic E-state index is 0.401. The molecule has 128 valence electrons. The molecule has 0 spiro atoms. The van der Waals surface area contributed by atoms with Crippen molar-refractivity contribution >= 4 is 17.5 Å². The summed E-state index contributed by atoms with van der Waals surface area (Å²) in [5.74, 6) is 1.31. The summed E-state index contributed by atoms with van der Waals surface area (Å²) in [5, 5.41) is 0.783. The van der Waals surface area contributed by atoms with Crippen LogP contribution in [0, 0.1) is 0 Å². The number of rotatable bonds is 5. The number of likely N-dealkylation sites (tertiary alicyclic amines) is 1. The number of benzene rings is 1. The number of methoxy groups -OCH3 is 1. The van der Waals surface area contributed by atoms with Crippen LogP contribution >= 0.6 is 11.6 Å². The largest absolute Gasteiger partial charge is 0.481 e. The molecule has 3 rings (SSSR count). The Morgan fingerprint density at radius 1 is 1.29 bits per heavy atom. The Morgan fingerprint density at radius 2 is 2.08 bits per heavy atom. The van der Waals surface area contributed by atoms with Crippen LogP contribution in [0.5, 0.6) is 5.88 Å². The Kier molecular flexibility index (Phi) is 5.53. The fraction of sp³-hybridized carbons (Fsp3) is 0.444. The molecule has 1 aliphatic rings. The predicted octanol–water partition coefficient (Wildman–Crippen LogP) is 3.24. The molecule has 2 heterocycles. The van der Waals surface area contributed by atoms with Gasteiger partial charge in [0.2, 0.25) is 11.8 Å². The number of hydrogen-bond donors (Lipinski definition) is 0. The summed E-state index contributed by atoms with van der Waals surface area (Å²) in [4.78, 5) is 13.5. The zero-order valence-electron chi connectivity index (χ0n) is 14.2. The number of likely N-dealkylation sites (N-methyl/N-ethyl adjacent to an activating group) is 1. The molecule has 1 saturated heterocycles. The molecule has 0 aliphatic carbocycles. The molecule has 0 amide bonds. The average molecular weight is 347 g/mol. The van der Waals surface area contributed by atoms with Crippen LogP contribution in [0.4, 0.5) is 5.95 Å². The normalized spacial score (nSPS) is 18.4. The molecule has 5 nitrogen and oxygen atoms in total. The van der Waals surface area contributed by atoms with Gasteiger partial charge in [0.25, 0.3) is 0 Å². The van der Waals surface area contributed by atoms with E-state index in [0.29, 0.717) is 17.9 Å². The summed E-state index contributed by atoms with van der Waals surface area (Å²) in [6, 6.07) is 10.3. The average Bonchev–Trinajstić information content (AvgIpc) is 2.63. The van der Waals surface area contributed by atoms with Gasteiger partial charge in [-0.05, 0) is 37.1 Å². The summed E-state index contributed by atoms with van der Waals surface area (Å²) in [5.41, 5.74) is 1.29. The third-order valence-corrected chi connectivity index (χ3v) is 4.74. The molecular formula is C18H23ClN4O. The molecular weight excluding hydrogens is 324 g/mol. The molecule has 0 saturated carbocycles. The van der Waals surface area contributed by atoms with Crippen molar-refractivity contribution in [2.75, 3.05) is 32.1 Å². The highest BCUT2D eigenvalue weighted by molar-refractivity contribution is 6.30. The van der Waals surface area contributed by atoms with Crippen LogP contribution in [0.15, 0.2) is 36.5 Å². The summed E-state index contributed by atoms with van der Waals surface area (Å²) in [6.07, 6.45) is 4.06. The molecule has 1 aromatic heterocycles. The van der Waals surface area contributed by atoms with Gasteiger partial charge in [0.1, 0.15) is 0 Å². The lowest BCUT2D eigenvalue weighted by Gasteiger charge is -2.37. The number of aromatic nitrogens is 2. The summed E-state index contributed by atoms with van der Waals surface area (Å²) in [7, 11) is 3.69. The van der Waals surface area contributed by atoms with Gasteiger partial charge in [0.05, 0.1) is 7.11 Å². The zero-order chi connectivity index (χ0) is 16.9. The molecule has 0 bridgehead atoms. The van der Waals surface area contributed by atoms with Crippen molar-refractivity contribution < 1.29 is 4.74 Å². The van der Waals surface area contributed by atoms with E-state index in [9.17, 15) is 0 Å². The van der Waals surface area contributed by atoms with Crippen LogP contribution in [0.25, 0.3) is 0 Å². The molecule has 1 fully saturated rings. The van der Waals surface area contributed by atoms with Gasteiger partial charge in [-0.2, -0.15) is 4.98 Å². The van der Waals surface area contributed by atoms with Crippen molar-refractivity contribution in [3.8, 4) is 5.88 Å². The van der Waals surface area contributed by atoms with Crippen molar-refractivity contribution in [3.63, 3.8) is 0 Å². The minimum absolute atomic E-state index is 0.401. The fourth-order valence-corrected chi connectivity index (χ4v) is 3.24. The molecule has 0 radical (unpaired) electrons. The van der Waals surface area contributed by atoms with E-state index >= 15 is 0 Å². The second-order valence-electron chi connectivity index (χ2n) is 6.17. The smallest absolute Gasteiger partial charge is 0.228 e. The van der Waals surface area contributed by atoms with Gasteiger partial charge >= 0.3 is 0 Å². The highest BCUT2D eigenvalue weighted by Crippen LogP contribution is 2.21. The number of anilines is 1. The first kappa shape index (κ1) is 17.0. The lowest BCUT2D eigenvalue weighted by molar-refractivity contribution is 0.198. The first-order chi connectivity index (χ1) is 11.7. The van der Waals surface area contributed by atoms with Gasteiger partial charge in [0, 0.05) is 43.5 Å². The van der Waals surface area contributed by atoms with Gasteiger partial charge in [0.15, 0.2) is 0 Å². The first-order valence-corrected chi connectivity index (χ1v) is 8.60. The third-order valence-electron chi connectivity index (χ3n) is 4.49. The van der Waals surface area contributed by atoms with Crippen molar-refractivity contribution in [2.45, 2.75) is 25.4 Å². The number of nitrogens with zero attached hydrogens (tertiary/aromatic N) is 4. The number of hydrogen-bond acceptors (Lipinski definition) is 5. The van der Waals surface area contributed by atoms with Crippen molar-refractivity contribution in [1.29, 1.82) is 0 Å². The van der Waals surface area contributed by atoms with Gasteiger partial charge in [-0.25, -0.2) is 4.98 Å². The maximum Gasteiger partial charge on any atom is 0.228 e. The second kappa shape index (κ2) is 7.81. The third kappa shape index (κ3) is 4.16. The zero-order valence-corrected chi connectivity index (χ0v) is 14.9. The van der Waals surface area contributed by atoms with Crippen LogP contribution in [-0.4, -0.2) is 48.2 Å². The lowest BCUT2D eigenvalue weighted by atomic mass is 10.0. The van der Waals surface area contributed by atoms with E-state index in [-0.39, 0.29) is 0 Å². The van der Waals surface area contributed by atoms with Gasteiger partial charge in [-0.15, -0.1) is 0 Å². The maximum atomic E-state index is 5.97. The van der Waals surface area contributed by atoms with Crippen LogP contribution in [-0.2, 0) is 6.54 Å². The number of piperidine rings is 1. The van der Waals surface area contributed by atoms with E-state index in [1.165, 1.54) is 12.0 Å². The summed E-state index contributed by atoms with van der Waals surface area (Å²) < 4.78 is 5.20. The van der Waals surface area contributed by atoms with E-state index < -0.39 is 0 Å². The van der Waals surface area contributed by atoms with Crippen molar-refractivity contribution in [3.05, 3.63) is 47.1 Å². The summed E-state index contributed by atoms with van der Waals surface area (Å²) in [6.45, 7) is 3.06. The van der Waals surface area contributed by atoms with E-state index in [4.69, 9.17) is 16.3 Å². The van der Waals surface area contributed by atoms with Crippen LogP contribution in [0.2, 0.25) is 5.02 Å². The first-order valence-electron chi connectivity index (χ1n) is 8.22. The molecule has 2 aromatic rings. The van der Waals surface area contributed by atoms with E-state index in [1.54, 1.807) is 19.4 Å². The quantitative estimate of drug-likeness (QED) is 0.831. The number of halogens is 1. The Bertz CT molecular complexity index is 664. The monoisotopic (exact) mass is 346 g/mol. The Morgan fingerprint density at radius 3 is 2.83 bits per heavy atom. The second-order valence-corrected chi connectivity index (χ2v) is 6.60.